The Morgan fingerprint density at radius 3 is 2.65 bits per heavy atom. The molecule has 1 aliphatic rings. The van der Waals surface area contributed by atoms with E-state index in [2.05, 4.69) is 0 Å². The quantitative estimate of drug-likeness (QED) is 0.888. The fraction of sp³-hybridized carbons (Fsp3) is 0.462. The van der Waals surface area contributed by atoms with Crippen molar-refractivity contribution < 1.29 is 8.42 Å². The maximum absolute atomic E-state index is 12.5. The van der Waals surface area contributed by atoms with Gasteiger partial charge in [-0.05, 0) is 37.0 Å². The minimum atomic E-state index is -3.59. The molecule has 0 aliphatic heterocycles. The van der Waals surface area contributed by atoms with Gasteiger partial charge in [0.1, 0.15) is 0 Å². The SMILES string of the molecule is CN(C(CN)C1CC1)S(=O)(=O)c1cccc(C#N)c1.Cl. The lowest BCUT2D eigenvalue weighted by atomic mass is 10.2. The van der Waals surface area contributed by atoms with E-state index in [1.54, 1.807) is 19.2 Å². The molecule has 2 rings (SSSR count). The van der Waals surface area contributed by atoms with Crippen LogP contribution < -0.4 is 5.73 Å². The molecule has 0 heterocycles. The standard InChI is InChI=1S/C13H17N3O2S.ClH/c1-16(13(9-15)11-5-6-11)19(17,18)12-4-2-3-10(7-12)8-14;/h2-4,7,11,13H,5-6,9,15H2,1H3;1H. The molecule has 1 aromatic rings. The number of rotatable bonds is 5. The van der Waals surface area contributed by atoms with Gasteiger partial charge in [-0.2, -0.15) is 9.57 Å². The van der Waals surface area contributed by atoms with Crippen LogP contribution in [0, 0.1) is 17.2 Å². The van der Waals surface area contributed by atoms with Gasteiger partial charge in [-0.1, -0.05) is 6.07 Å². The van der Waals surface area contributed by atoms with E-state index < -0.39 is 10.0 Å². The van der Waals surface area contributed by atoms with E-state index >= 15 is 0 Å². The Balaban J connectivity index is 0.00000200. The van der Waals surface area contributed by atoms with Crippen molar-refractivity contribution in [1.29, 1.82) is 5.26 Å². The molecule has 1 fully saturated rings. The number of sulfonamides is 1. The van der Waals surface area contributed by atoms with Crippen LogP contribution in [0.15, 0.2) is 29.2 Å². The molecule has 1 unspecified atom stereocenters. The molecule has 7 heteroatoms. The number of benzene rings is 1. The Morgan fingerprint density at radius 2 is 2.15 bits per heavy atom. The first-order chi connectivity index (χ1) is 9.00. The van der Waals surface area contributed by atoms with Gasteiger partial charge in [-0.3, -0.25) is 0 Å². The van der Waals surface area contributed by atoms with Gasteiger partial charge in [0.05, 0.1) is 16.5 Å². The van der Waals surface area contributed by atoms with Crippen molar-refractivity contribution >= 4 is 22.4 Å². The van der Waals surface area contributed by atoms with Crippen molar-refractivity contribution in [3.05, 3.63) is 29.8 Å². The zero-order valence-corrected chi connectivity index (χ0v) is 12.8. The molecule has 0 saturated heterocycles. The number of nitriles is 1. The number of hydrogen-bond acceptors (Lipinski definition) is 4. The van der Waals surface area contributed by atoms with Crippen molar-refractivity contribution in [2.45, 2.75) is 23.8 Å². The van der Waals surface area contributed by atoms with E-state index in [0.717, 1.165) is 12.8 Å². The number of hydrogen-bond donors (Lipinski definition) is 1. The van der Waals surface area contributed by atoms with Crippen molar-refractivity contribution in [2.75, 3.05) is 13.6 Å². The van der Waals surface area contributed by atoms with Crippen LogP contribution in [0.1, 0.15) is 18.4 Å². The van der Waals surface area contributed by atoms with Gasteiger partial charge < -0.3 is 5.73 Å². The Morgan fingerprint density at radius 1 is 1.50 bits per heavy atom. The second-order valence-electron chi connectivity index (χ2n) is 4.80. The highest BCUT2D eigenvalue weighted by Gasteiger charge is 2.38. The summed E-state index contributed by atoms with van der Waals surface area (Å²) in [6.45, 7) is 0.318. The van der Waals surface area contributed by atoms with Crippen molar-refractivity contribution in [1.82, 2.24) is 4.31 Å². The summed E-state index contributed by atoms with van der Waals surface area (Å²) in [4.78, 5) is 0.146. The maximum Gasteiger partial charge on any atom is 0.243 e. The second kappa shape index (κ2) is 6.55. The molecule has 1 saturated carbocycles. The summed E-state index contributed by atoms with van der Waals surface area (Å²) in [6.07, 6.45) is 2.06. The summed E-state index contributed by atoms with van der Waals surface area (Å²) < 4.78 is 26.3. The Labute approximate surface area is 125 Å². The minimum absolute atomic E-state index is 0. The van der Waals surface area contributed by atoms with E-state index in [0.29, 0.717) is 18.0 Å². The highest BCUT2D eigenvalue weighted by atomic mass is 35.5. The first-order valence-corrected chi connectivity index (χ1v) is 7.63. The van der Waals surface area contributed by atoms with Gasteiger partial charge in [-0.25, -0.2) is 8.42 Å². The lowest BCUT2D eigenvalue weighted by molar-refractivity contribution is 0.340. The molecular weight excluding hydrogens is 298 g/mol. The van der Waals surface area contributed by atoms with Gasteiger partial charge in [0.15, 0.2) is 0 Å². The molecule has 1 aromatic carbocycles. The normalized spacial score (nSPS) is 16.3. The van der Waals surface area contributed by atoms with Gasteiger partial charge >= 0.3 is 0 Å². The predicted octanol–water partition coefficient (Wildman–Crippen LogP) is 1.34. The average molecular weight is 316 g/mol. The predicted molar refractivity (Wildman–Crippen MR) is 78.9 cm³/mol. The maximum atomic E-state index is 12.5. The van der Waals surface area contributed by atoms with Crippen molar-refractivity contribution in [2.24, 2.45) is 11.7 Å². The third-order valence-corrected chi connectivity index (χ3v) is 5.39. The molecule has 1 atom stereocenters. The topological polar surface area (TPSA) is 87.2 Å². The van der Waals surface area contributed by atoms with Gasteiger partial charge in [0, 0.05) is 19.6 Å². The van der Waals surface area contributed by atoms with E-state index in [4.69, 9.17) is 11.0 Å². The van der Waals surface area contributed by atoms with Crippen molar-refractivity contribution in [3.63, 3.8) is 0 Å². The molecular formula is C13H18ClN3O2S. The largest absolute Gasteiger partial charge is 0.329 e. The highest BCUT2D eigenvalue weighted by molar-refractivity contribution is 7.89. The van der Waals surface area contributed by atoms with Crippen LogP contribution in [0.2, 0.25) is 0 Å². The molecule has 2 N–H and O–H groups in total. The Hall–Kier alpha value is -1.13. The summed E-state index contributed by atoms with van der Waals surface area (Å²) in [5.41, 5.74) is 6.03. The third kappa shape index (κ3) is 3.30. The number of likely N-dealkylation sites (N-methyl/N-ethyl adjacent to an activating group) is 1. The average Bonchev–Trinajstić information content (AvgIpc) is 3.24. The Bertz CT molecular complexity index is 608. The summed E-state index contributed by atoms with van der Waals surface area (Å²) in [7, 11) is -2.03. The minimum Gasteiger partial charge on any atom is -0.329 e. The summed E-state index contributed by atoms with van der Waals surface area (Å²) in [6, 6.07) is 7.86. The van der Waals surface area contributed by atoms with Crippen LogP contribution in [0.25, 0.3) is 0 Å². The monoisotopic (exact) mass is 315 g/mol. The zero-order valence-electron chi connectivity index (χ0n) is 11.2. The zero-order chi connectivity index (χ0) is 14.0. The van der Waals surface area contributed by atoms with E-state index in [1.165, 1.54) is 16.4 Å². The summed E-state index contributed by atoms with van der Waals surface area (Å²) >= 11 is 0. The van der Waals surface area contributed by atoms with Crippen LogP contribution >= 0.6 is 12.4 Å². The van der Waals surface area contributed by atoms with Crippen LogP contribution in [0.5, 0.6) is 0 Å². The van der Waals surface area contributed by atoms with Gasteiger partial charge in [0.2, 0.25) is 10.0 Å². The summed E-state index contributed by atoms with van der Waals surface area (Å²) in [5.74, 6) is 0.365. The smallest absolute Gasteiger partial charge is 0.243 e. The van der Waals surface area contributed by atoms with Crippen LogP contribution in [-0.4, -0.2) is 32.4 Å². The molecule has 0 radical (unpaired) electrons. The van der Waals surface area contributed by atoms with E-state index in [9.17, 15) is 8.42 Å². The van der Waals surface area contributed by atoms with Crippen LogP contribution in [0.4, 0.5) is 0 Å². The number of nitrogens with zero attached hydrogens (tertiary/aromatic N) is 2. The Kier molecular flexibility index (Phi) is 5.54. The second-order valence-corrected chi connectivity index (χ2v) is 6.80. The molecule has 0 amide bonds. The molecule has 5 nitrogen and oxygen atoms in total. The van der Waals surface area contributed by atoms with E-state index in [1.807, 2.05) is 6.07 Å². The fourth-order valence-corrected chi connectivity index (χ4v) is 3.66. The third-order valence-electron chi connectivity index (χ3n) is 3.51. The molecule has 1 aliphatic carbocycles. The van der Waals surface area contributed by atoms with Gasteiger partial charge in [-0.15, -0.1) is 12.4 Å². The lowest BCUT2D eigenvalue weighted by Crippen LogP contribution is -2.43. The fourth-order valence-electron chi connectivity index (χ4n) is 2.19. The van der Waals surface area contributed by atoms with Crippen molar-refractivity contribution in [3.8, 4) is 6.07 Å². The molecule has 110 valence electrons. The number of halogens is 1. The molecule has 0 spiro atoms. The molecule has 0 aromatic heterocycles. The number of nitrogens with two attached hydrogens (primary N) is 1. The van der Waals surface area contributed by atoms with Crippen LogP contribution in [0.3, 0.4) is 0 Å². The lowest BCUT2D eigenvalue weighted by Gasteiger charge is -2.26. The first-order valence-electron chi connectivity index (χ1n) is 6.19. The molecule has 0 bridgehead atoms. The van der Waals surface area contributed by atoms with Gasteiger partial charge in [0.25, 0.3) is 0 Å². The summed E-state index contributed by atoms with van der Waals surface area (Å²) in [5, 5.41) is 8.84. The van der Waals surface area contributed by atoms with Crippen LogP contribution in [-0.2, 0) is 10.0 Å². The highest BCUT2D eigenvalue weighted by Crippen LogP contribution is 2.36. The molecule has 20 heavy (non-hydrogen) atoms. The first kappa shape index (κ1) is 16.9. The van der Waals surface area contributed by atoms with E-state index in [-0.39, 0.29) is 23.3 Å².